The number of alkyl halides is 2. The molecule has 4 nitrogen and oxygen atoms in total. The summed E-state index contributed by atoms with van der Waals surface area (Å²) in [6.45, 7) is -1.39. The lowest BCUT2D eigenvalue weighted by molar-refractivity contribution is -0.224. The molecular weight excluding hydrogens is 150 g/mol. The summed E-state index contributed by atoms with van der Waals surface area (Å²) < 4.78 is 30.4. The van der Waals surface area contributed by atoms with Crippen LogP contribution in [0.15, 0.2) is 0 Å². The molecule has 0 aliphatic heterocycles. The van der Waals surface area contributed by atoms with Crippen LogP contribution in [-0.4, -0.2) is 31.1 Å². The lowest BCUT2D eigenvalue weighted by Crippen LogP contribution is -2.24. The first kappa shape index (κ1) is 9.09. The van der Waals surface area contributed by atoms with Crippen LogP contribution in [0.2, 0.25) is 0 Å². The Kier molecular flexibility index (Phi) is 3.01. The molecular formula is C4H6F2O4. The largest absolute Gasteiger partial charge is 0.508 e. The minimum atomic E-state index is -3.99. The van der Waals surface area contributed by atoms with Crippen LogP contribution in [0.25, 0.3) is 0 Å². The van der Waals surface area contributed by atoms with Crippen molar-refractivity contribution in [1.82, 2.24) is 0 Å². The predicted octanol–water partition coefficient (Wildman–Crippen LogP) is 0.354. The van der Waals surface area contributed by atoms with Gasteiger partial charge in [0.15, 0.2) is 6.61 Å². The third-order valence-electron chi connectivity index (χ3n) is 0.530. The maximum Gasteiger partial charge on any atom is 0.508 e. The average Bonchev–Trinajstić information content (AvgIpc) is 1.81. The van der Waals surface area contributed by atoms with E-state index in [1.54, 1.807) is 0 Å². The molecule has 0 atom stereocenters. The van der Waals surface area contributed by atoms with E-state index in [1.165, 1.54) is 0 Å². The van der Waals surface area contributed by atoms with E-state index in [-0.39, 0.29) is 0 Å². The Morgan fingerprint density at radius 1 is 1.70 bits per heavy atom. The number of hydrogen-bond donors (Lipinski definition) is 1. The smallest absolute Gasteiger partial charge is 0.438 e. The number of hydrogen-bond acceptors (Lipinski definition) is 4. The van der Waals surface area contributed by atoms with Gasteiger partial charge in [-0.1, -0.05) is 0 Å². The molecule has 0 radical (unpaired) electrons. The van der Waals surface area contributed by atoms with E-state index < -0.39 is 18.9 Å². The molecule has 0 bridgehead atoms. The zero-order valence-corrected chi connectivity index (χ0v) is 5.13. The molecule has 0 aromatic rings. The molecule has 0 saturated carbocycles. The fraction of sp³-hybridized carbons (Fsp3) is 0.750. The molecule has 0 aromatic heterocycles. The van der Waals surface area contributed by atoms with E-state index >= 15 is 0 Å². The van der Waals surface area contributed by atoms with Gasteiger partial charge in [0, 0.05) is 0 Å². The summed E-state index contributed by atoms with van der Waals surface area (Å²) in [5.41, 5.74) is 0. The first-order valence-electron chi connectivity index (χ1n) is 2.26. The summed E-state index contributed by atoms with van der Waals surface area (Å²) in [5, 5.41) is 7.70. The minimum absolute atomic E-state index is 0.970. The van der Waals surface area contributed by atoms with Gasteiger partial charge >= 0.3 is 12.3 Å². The summed E-state index contributed by atoms with van der Waals surface area (Å²) in [4.78, 5) is 9.97. The SMILES string of the molecule is COC(=O)OCC(O)(F)F. The van der Waals surface area contributed by atoms with Gasteiger partial charge in [-0.15, -0.1) is 0 Å². The normalized spacial score (nSPS) is 10.8. The molecule has 10 heavy (non-hydrogen) atoms. The van der Waals surface area contributed by atoms with Crippen molar-refractivity contribution < 1.29 is 28.2 Å². The van der Waals surface area contributed by atoms with Crippen molar-refractivity contribution in [3.63, 3.8) is 0 Å². The van der Waals surface area contributed by atoms with Gasteiger partial charge < -0.3 is 14.6 Å². The molecule has 0 saturated heterocycles. The molecule has 0 fully saturated rings. The third-order valence-corrected chi connectivity index (χ3v) is 0.530. The Bertz CT molecular complexity index is 119. The van der Waals surface area contributed by atoms with Crippen LogP contribution in [0.5, 0.6) is 0 Å². The van der Waals surface area contributed by atoms with Crippen molar-refractivity contribution in [3.05, 3.63) is 0 Å². The Balaban J connectivity index is 3.46. The standard InChI is InChI=1S/C4H6F2O4/c1-9-3(7)10-2-4(5,6)8/h8H,2H2,1H3. The van der Waals surface area contributed by atoms with Gasteiger partial charge in [0.05, 0.1) is 7.11 Å². The fourth-order valence-electron chi connectivity index (χ4n) is 0.205. The highest BCUT2D eigenvalue weighted by molar-refractivity contribution is 5.59. The Morgan fingerprint density at radius 3 is 2.50 bits per heavy atom. The quantitative estimate of drug-likeness (QED) is 0.586. The topological polar surface area (TPSA) is 55.8 Å². The average molecular weight is 156 g/mol. The number of carbonyl (C=O) groups excluding carboxylic acids is 1. The van der Waals surface area contributed by atoms with Crippen LogP contribution in [0.4, 0.5) is 13.6 Å². The number of rotatable bonds is 2. The molecule has 6 heteroatoms. The van der Waals surface area contributed by atoms with Crippen molar-refractivity contribution in [1.29, 1.82) is 0 Å². The maximum absolute atomic E-state index is 11.4. The van der Waals surface area contributed by atoms with Gasteiger partial charge in [0.25, 0.3) is 0 Å². The highest BCUT2D eigenvalue weighted by Crippen LogP contribution is 2.07. The zero-order chi connectivity index (χ0) is 8.20. The number of methoxy groups -OCH3 is 1. The first-order chi connectivity index (χ1) is 4.45. The minimum Gasteiger partial charge on any atom is -0.438 e. The van der Waals surface area contributed by atoms with Crippen molar-refractivity contribution in [3.8, 4) is 0 Å². The highest BCUT2D eigenvalue weighted by atomic mass is 19.3. The van der Waals surface area contributed by atoms with Gasteiger partial charge in [-0.2, -0.15) is 8.78 Å². The molecule has 0 heterocycles. The van der Waals surface area contributed by atoms with Crippen molar-refractivity contribution >= 4 is 6.16 Å². The van der Waals surface area contributed by atoms with Gasteiger partial charge in [-0.25, -0.2) is 4.79 Å². The van der Waals surface area contributed by atoms with Crippen LogP contribution in [0.1, 0.15) is 0 Å². The Labute approximate surface area is 55.3 Å². The fourth-order valence-corrected chi connectivity index (χ4v) is 0.205. The van der Waals surface area contributed by atoms with E-state index in [1.807, 2.05) is 0 Å². The van der Waals surface area contributed by atoms with E-state index in [4.69, 9.17) is 5.11 Å². The Morgan fingerprint density at radius 2 is 2.20 bits per heavy atom. The molecule has 0 aliphatic rings. The number of carbonyl (C=O) groups is 1. The van der Waals surface area contributed by atoms with Crippen LogP contribution < -0.4 is 0 Å². The van der Waals surface area contributed by atoms with Crippen molar-refractivity contribution in [2.45, 2.75) is 6.11 Å². The molecule has 1 N–H and O–H groups in total. The highest BCUT2D eigenvalue weighted by Gasteiger charge is 2.26. The number of halogens is 2. The predicted molar refractivity (Wildman–Crippen MR) is 25.5 cm³/mol. The first-order valence-corrected chi connectivity index (χ1v) is 2.26. The molecule has 60 valence electrons. The lowest BCUT2D eigenvalue weighted by atomic mass is 10.7. The summed E-state index contributed by atoms with van der Waals surface area (Å²) in [5.74, 6) is 0. The van der Waals surface area contributed by atoms with Crippen LogP contribution >= 0.6 is 0 Å². The Hall–Kier alpha value is -0.910. The lowest BCUT2D eigenvalue weighted by Gasteiger charge is -2.07. The maximum atomic E-state index is 11.4. The number of aliphatic hydroxyl groups is 1. The molecule has 0 spiro atoms. The third kappa shape index (κ3) is 5.23. The van der Waals surface area contributed by atoms with Crippen molar-refractivity contribution in [2.24, 2.45) is 0 Å². The van der Waals surface area contributed by atoms with Crippen molar-refractivity contribution in [2.75, 3.05) is 13.7 Å². The van der Waals surface area contributed by atoms with Gasteiger partial charge in [-0.3, -0.25) is 0 Å². The second kappa shape index (κ2) is 3.31. The van der Waals surface area contributed by atoms with Gasteiger partial charge in [-0.05, 0) is 0 Å². The summed E-state index contributed by atoms with van der Waals surface area (Å²) in [6.07, 6.45) is -5.25. The summed E-state index contributed by atoms with van der Waals surface area (Å²) in [7, 11) is 0.970. The molecule has 0 amide bonds. The zero-order valence-electron chi connectivity index (χ0n) is 5.13. The van der Waals surface area contributed by atoms with Crippen LogP contribution in [0, 0.1) is 0 Å². The molecule has 0 aliphatic carbocycles. The number of ether oxygens (including phenoxy) is 2. The van der Waals surface area contributed by atoms with Gasteiger partial charge in [0.2, 0.25) is 0 Å². The van der Waals surface area contributed by atoms with Crippen LogP contribution in [-0.2, 0) is 9.47 Å². The van der Waals surface area contributed by atoms with E-state index in [0.717, 1.165) is 7.11 Å². The second-order valence-corrected chi connectivity index (χ2v) is 1.41. The molecule has 0 aromatic carbocycles. The molecule has 0 unspecified atom stereocenters. The summed E-state index contributed by atoms with van der Waals surface area (Å²) >= 11 is 0. The van der Waals surface area contributed by atoms with Gasteiger partial charge in [0.1, 0.15) is 0 Å². The second-order valence-electron chi connectivity index (χ2n) is 1.41. The van der Waals surface area contributed by atoms with Crippen LogP contribution in [0.3, 0.4) is 0 Å². The molecule has 0 rings (SSSR count). The van der Waals surface area contributed by atoms with E-state index in [9.17, 15) is 13.6 Å². The summed E-state index contributed by atoms with van der Waals surface area (Å²) in [6, 6.07) is 0. The monoisotopic (exact) mass is 156 g/mol. The van der Waals surface area contributed by atoms with E-state index in [2.05, 4.69) is 9.47 Å². The van der Waals surface area contributed by atoms with E-state index in [0.29, 0.717) is 0 Å².